The molecule has 0 aliphatic carbocycles. The van der Waals surface area contributed by atoms with Crippen molar-refractivity contribution >= 4 is 29.1 Å². The maximum Gasteiger partial charge on any atom is 0.271 e. The quantitative estimate of drug-likeness (QED) is 0.677. The van der Waals surface area contributed by atoms with Gasteiger partial charge < -0.3 is 14.4 Å². The topological polar surface area (TPSA) is 59.1 Å². The van der Waals surface area contributed by atoms with Gasteiger partial charge in [0, 0.05) is 23.8 Å². The van der Waals surface area contributed by atoms with E-state index in [1.54, 1.807) is 55.6 Å². The summed E-state index contributed by atoms with van der Waals surface area (Å²) in [6.45, 7) is 1.43. The number of benzene rings is 2. The van der Waals surface area contributed by atoms with Gasteiger partial charge in [0.15, 0.2) is 6.04 Å². The third-order valence-electron chi connectivity index (χ3n) is 5.64. The number of β-lactam (4-membered cyclic amide) rings is 1. The number of anilines is 1. The maximum absolute atomic E-state index is 13.4. The van der Waals surface area contributed by atoms with E-state index in [1.165, 1.54) is 4.90 Å². The van der Waals surface area contributed by atoms with Gasteiger partial charge in [0.25, 0.3) is 5.91 Å². The van der Waals surface area contributed by atoms with Crippen molar-refractivity contribution in [2.45, 2.75) is 37.8 Å². The summed E-state index contributed by atoms with van der Waals surface area (Å²) in [4.78, 5) is 29.9. The fraction of sp³-hybridized carbons (Fsp3) is 0.391. The number of amides is 2. The molecule has 2 fully saturated rings. The molecule has 0 saturated carbocycles. The molecule has 0 radical (unpaired) electrons. The molecule has 0 spiro atoms. The number of carbonyl (C=O) groups excluding carboxylic acids is 2. The number of methoxy groups -OCH3 is 1. The molecule has 2 heterocycles. The first kappa shape index (κ1) is 20.5. The Labute approximate surface area is 181 Å². The van der Waals surface area contributed by atoms with Gasteiger partial charge in [0.2, 0.25) is 12.0 Å². The molecule has 158 valence electrons. The van der Waals surface area contributed by atoms with E-state index in [0.29, 0.717) is 35.3 Å². The highest BCUT2D eigenvalue weighted by atomic mass is 35.5. The van der Waals surface area contributed by atoms with Crippen molar-refractivity contribution in [3.63, 3.8) is 0 Å². The van der Waals surface area contributed by atoms with Crippen molar-refractivity contribution < 1.29 is 19.1 Å². The number of hydrogen-bond acceptors (Lipinski definition) is 4. The van der Waals surface area contributed by atoms with Crippen molar-refractivity contribution in [3.8, 4) is 11.5 Å². The van der Waals surface area contributed by atoms with Crippen LogP contribution in [0.5, 0.6) is 11.5 Å². The second kappa shape index (κ2) is 8.96. The molecule has 30 heavy (non-hydrogen) atoms. The molecule has 2 aliphatic heterocycles. The van der Waals surface area contributed by atoms with Crippen LogP contribution in [0.1, 0.15) is 25.7 Å². The molecule has 6 nitrogen and oxygen atoms in total. The second-order valence-electron chi connectivity index (χ2n) is 7.58. The highest BCUT2D eigenvalue weighted by Gasteiger charge is 2.55. The summed E-state index contributed by atoms with van der Waals surface area (Å²) in [5.74, 6) is 0.909. The molecule has 7 heteroatoms. The van der Waals surface area contributed by atoms with Crippen molar-refractivity contribution in [3.05, 3.63) is 53.6 Å². The van der Waals surface area contributed by atoms with E-state index in [-0.39, 0.29) is 11.8 Å². The first-order valence-corrected chi connectivity index (χ1v) is 10.6. The van der Waals surface area contributed by atoms with E-state index in [2.05, 4.69) is 0 Å². The molecule has 0 bridgehead atoms. The average Bonchev–Trinajstić information content (AvgIpc) is 3.06. The number of rotatable bonds is 5. The van der Waals surface area contributed by atoms with Gasteiger partial charge in [-0.1, -0.05) is 24.4 Å². The summed E-state index contributed by atoms with van der Waals surface area (Å²) in [6.07, 6.45) is 3.36. The van der Waals surface area contributed by atoms with E-state index in [0.717, 1.165) is 25.7 Å². The van der Waals surface area contributed by atoms with Crippen LogP contribution in [0.15, 0.2) is 48.5 Å². The van der Waals surface area contributed by atoms with Crippen LogP contribution in [0.4, 0.5) is 5.69 Å². The van der Waals surface area contributed by atoms with Gasteiger partial charge in [0.1, 0.15) is 11.5 Å². The van der Waals surface area contributed by atoms with Gasteiger partial charge in [-0.25, -0.2) is 0 Å². The summed E-state index contributed by atoms with van der Waals surface area (Å²) in [5.41, 5.74) is 0.657. The number of carbonyl (C=O) groups is 2. The third kappa shape index (κ3) is 4.10. The number of likely N-dealkylation sites (tertiary alicyclic amines) is 1. The fourth-order valence-corrected chi connectivity index (χ4v) is 4.11. The van der Waals surface area contributed by atoms with Crippen LogP contribution in [0.25, 0.3) is 0 Å². The lowest BCUT2D eigenvalue weighted by Crippen LogP contribution is -2.72. The van der Waals surface area contributed by atoms with Crippen molar-refractivity contribution in [2.24, 2.45) is 0 Å². The first-order valence-electron chi connectivity index (χ1n) is 10.3. The van der Waals surface area contributed by atoms with Gasteiger partial charge in [-0.2, -0.15) is 0 Å². The Morgan fingerprint density at radius 3 is 2.13 bits per heavy atom. The Bertz CT molecular complexity index is 892. The molecule has 2 aromatic rings. The van der Waals surface area contributed by atoms with Crippen molar-refractivity contribution in [1.82, 2.24) is 4.90 Å². The highest BCUT2D eigenvalue weighted by molar-refractivity contribution is 6.30. The van der Waals surface area contributed by atoms with E-state index >= 15 is 0 Å². The lowest BCUT2D eigenvalue weighted by molar-refractivity contribution is -0.148. The smallest absolute Gasteiger partial charge is 0.271 e. The Morgan fingerprint density at radius 2 is 1.53 bits per heavy atom. The number of ether oxygens (including phenoxy) is 2. The van der Waals surface area contributed by atoms with Crippen LogP contribution < -0.4 is 14.4 Å². The molecule has 4 rings (SSSR count). The van der Waals surface area contributed by atoms with Crippen molar-refractivity contribution in [2.75, 3.05) is 25.1 Å². The first-order chi connectivity index (χ1) is 14.6. The van der Waals surface area contributed by atoms with Crippen LogP contribution >= 0.6 is 11.6 Å². The monoisotopic (exact) mass is 428 g/mol. The zero-order valence-corrected chi connectivity index (χ0v) is 17.7. The van der Waals surface area contributed by atoms with E-state index in [9.17, 15) is 9.59 Å². The van der Waals surface area contributed by atoms with Crippen LogP contribution in [0, 0.1) is 0 Å². The Kier molecular flexibility index (Phi) is 6.13. The zero-order valence-electron chi connectivity index (χ0n) is 16.9. The molecule has 0 unspecified atom stereocenters. The predicted molar refractivity (Wildman–Crippen MR) is 115 cm³/mol. The summed E-state index contributed by atoms with van der Waals surface area (Å²) in [7, 11) is 1.59. The number of halogens is 1. The van der Waals surface area contributed by atoms with Gasteiger partial charge in [0.05, 0.1) is 7.11 Å². The van der Waals surface area contributed by atoms with Crippen LogP contribution in [-0.2, 0) is 9.59 Å². The zero-order chi connectivity index (χ0) is 21.1. The predicted octanol–water partition coefficient (Wildman–Crippen LogP) is 3.91. The highest BCUT2D eigenvalue weighted by Crippen LogP contribution is 2.34. The Morgan fingerprint density at radius 1 is 0.933 bits per heavy atom. The van der Waals surface area contributed by atoms with Gasteiger partial charge >= 0.3 is 0 Å². The lowest BCUT2D eigenvalue weighted by Gasteiger charge is -2.46. The van der Waals surface area contributed by atoms with Gasteiger partial charge in [-0.05, 0) is 61.4 Å². The molecule has 2 saturated heterocycles. The minimum Gasteiger partial charge on any atom is -0.497 e. The van der Waals surface area contributed by atoms with Gasteiger partial charge in [-0.15, -0.1) is 0 Å². The SMILES string of the molecule is COc1ccc(N2C(=O)[C@@H](Oc3ccc(Cl)cc3)[C@H]2C(=O)N2CCCCCC2)cc1. The van der Waals surface area contributed by atoms with E-state index < -0.39 is 12.1 Å². The van der Waals surface area contributed by atoms with Crippen molar-refractivity contribution in [1.29, 1.82) is 0 Å². The average molecular weight is 429 g/mol. The minimum atomic E-state index is -0.857. The largest absolute Gasteiger partial charge is 0.497 e. The molecule has 2 amide bonds. The molecule has 2 aromatic carbocycles. The second-order valence-corrected chi connectivity index (χ2v) is 8.02. The van der Waals surface area contributed by atoms with Crippen LogP contribution in [0.2, 0.25) is 5.02 Å². The standard InChI is InChI=1S/C23H25ClN2O4/c1-29-18-12-8-17(9-13-18)26-20(22(27)25-14-4-2-3-5-15-25)21(23(26)28)30-19-10-6-16(24)7-11-19/h6-13,20-21H,2-5,14-15H2,1H3/t20-,21-/m0/s1. The summed E-state index contributed by atoms with van der Waals surface area (Å²) in [6, 6.07) is 13.3. The molecular weight excluding hydrogens is 404 g/mol. The molecular formula is C23H25ClN2O4. The molecule has 0 N–H and O–H groups in total. The summed E-state index contributed by atoms with van der Waals surface area (Å²) in [5, 5.41) is 0.583. The van der Waals surface area contributed by atoms with Crippen LogP contribution in [0.3, 0.4) is 0 Å². The molecule has 2 aliphatic rings. The number of hydrogen-bond donors (Lipinski definition) is 0. The van der Waals surface area contributed by atoms with Gasteiger partial charge in [-0.3, -0.25) is 14.5 Å². The van der Waals surface area contributed by atoms with Crippen LogP contribution in [-0.4, -0.2) is 49.1 Å². The number of nitrogens with zero attached hydrogens (tertiary/aromatic N) is 2. The fourth-order valence-electron chi connectivity index (χ4n) is 3.99. The normalized spacial score (nSPS) is 21.6. The summed E-state index contributed by atoms with van der Waals surface area (Å²) >= 11 is 5.95. The summed E-state index contributed by atoms with van der Waals surface area (Å²) < 4.78 is 11.2. The van der Waals surface area contributed by atoms with E-state index in [4.69, 9.17) is 21.1 Å². The maximum atomic E-state index is 13.4. The molecule has 2 atom stereocenters. The molecule has 0 aromatic heterocycles. The third-order valence-corrected chi connectivity index (χ3v) is 5.90. The van der Waals surface area contributed by atoms with E-state index in [1.807, 2.05) is 4.90 Å². The Balaban J connectivity index is 1.60. The Hall–Kier alpha value is -2.73. The minimum absolute atomic E-state index is 0.0636. The lowest BCUT2D eigenvalue weighted by atomic mass is 9.94.